The van der Waals surface area contributed by atoms with Gasteiger partial charge in [-0.1, -0.05) is 26.7 Å². The molecule has 0 aliphatic heterocycles. The molecule has 0 spiro atoms. The lowest BCUT2D eigenvalue weighted by atomic mass is 9.74. The fraction of sp³-hybridized carbons (Fsp3) is 1.00. The minimum atomic E-state index is -0.477. The summed E-state index contributed by atoms with van der Waals surface area (Å²) in [6, 6.07) is 0. The second-order valence-corrected chi connectivity index (χ2v) is 4.42. The van der Waals surface area contributed by atoms with Gasteiger partial charge in [0.1, 0.15) is 0 Å². The Morgan fingerprint density at radius 3 is 2.54 bits per heavy atom. The van der Waals surface area contributed by atoms with E-state index in [1.807, 2.05) is 0 Å². The largest absolute Gasteiger partial charge is 0.390 e. The minimum absolute atomic E-state index is 0.323. The Morgan fingerprint density at radius 2 is 1.92 bits per heavy atom. The van der Waals surface area contributed by atoms with E-state index in [1.54, 1.807) is 0 Å². The fourth-order valence-corrected chi connectivity index (χ4v) is 2.34. The molecule has 4 atom stereocenters. The molecule has 2 unspecified atom stereocenters. The van der Waals surface area contributed by atoms with Crippen LogP contribution in [0.3, 0.4) is 0 Å². The molecule has 2 N–H and O–H groups in total. The second kappa shape index (κ2) is 4.97. The molecule has 2 heteroatoms. The Hall–Kier alpha value is -0.0800. The summed E-state index contributed by atoms with van der Waals surface area (Å²) in [5, 5.41) is 19.3. The topological polar surface area (TPSA) is 40.5 Å². The van der Waals surface area contributed by atoms with E-state index in [4.69, 9.17) is 0 Å². The van der Waals surface area contributed by atoms with Crippen LogP contribution < -0.4 is 0 Å². The van der Waals surface area contributed by atoms with Crippen molar-refractivity contribution in [3.05, 3.63) is 0 Å². The van der Waals surface area contributed by atoms with Gasteiger partial charge in [-0.3, -0.25) is 0 Å². The molecule has 1 fully saturated rings. The summed E-state index contributed by atoms with van der Waals surface area (Å²) >= 11 is 0. The van der Waals surface area contributed by atoms with Gasteiger partial charge in [-0.25, -0.2) is 0 Å². The van der Waals surface area contributed by atoms with Crippen LogP contribution in [0.4, 0.5) is 0 Å². The van der Waals surface area contributed by atoms with Crippen molar-refractivity contribution < 1.29 is 10.2 Å². The van der Waals surface area contributed by atoms with Crippen LogP contribution in [0.1, 0.15) is 46.0 Å². The first-order chi connectivity index (χ1) is 6.16. The maximum absolute atomic E-state index is 9.78. The zero-order valence-electron chi connectivity index (χ0n) is 8.74. The number of aliphatic hydroxyl groups excluding tert-OH is 2. The molecule has 0 aromatic heterocycles. The molecule has 1 aliphatic carbocycles. The Morgan fingerprint density at radius 1 is 1.23 bits per heavy atom. The molecule has 0 aromatic carbocycles. The molecule has 1 saturated carbocycles. The van der Waals surface area contributed by atoms with Crippen LogP contribution in [0.2, 0.25) is 0 Å². The van der Waals surface area contributed by atoms with Crippen LogP contribution in [0, 0.1) is 11.8 Å². The number of hydrogen-bond acceptors (Lipinski definition) is 2. The summed E-state index contributed by atoms with van der Waals surface area (Å²) < 4.78 is 0. The molecule has 1 aliphatic rings. The summed E-state index contributed by atoms with van der Waals surface area (Å²) in [5.41, 5.74) is 0. The Labute approximate surface area is 81.0 Å². The van der Waals surface area contributed by atoms with Crippen LogP contribution in [0.15, 0.2) is 0 Å². The summed E-state index contributed by atoms with van der Waals surface area (Å²) in [7, 11) is 0. The summed E-state index contributed by atoms with van der Waals surface area (Å²) in [6.45, 7) is 4.35. The van der Waals surface area contributed by atoms with Gasteiger partial charge in [-0.05, 0) is 31.1 Å². The number of unbranched alkanes of at least 4 members (excludes halogenated alkanes) is 1. The Balaban J connectivity index is 2.45. The zero-order valence-corrected chi connectivity index (χ0v) is 8.74. The van der Waals surface area contributed by atoms with Crippen molar-refractivity contribution in [3.63, 3.8) is 0 Å². The molecule has 0 aromatic rings. The van der Waals surface area contributed by atoms with Gasteiger partial charge in [-0.2, -0.15) is 0 Å². The van der Waals surface area contributed by atoms with Crippen LogP contribution in [0.25, 0.3) is 0 Å². The maximum atomic E-state index is 9.78. The van der Waals surface area contributed by atoms with Gasteiger partial charge in [0, 0.05) is 0 Å². The summed E-state index contributed by atoms with van der Waals surface area (Å²) in [4.78, 5) is 0. The van der Waals surface area contributed by atoms with Gasteiger partial charge in [0.25, 0.3) is 0 Å². The molecule has 78 valence electrons. The highest BCUT2D eigenvalue weighted by Crippen LogP contribution is 2.33. The van der Waals surface area contributed by atoms with Crippen molar-refractivity contribution in [2.45, 2.75) is 58.2 Å². The Kier molecular flexibility index (Phi) is 4.20. The molecule has 0 radical (unpaired) electrons. The lowest BCUT2D eigenvalue weighted by molar-refractivity contribution is -0.0667. The van der Waals surface area contributed by atoms with Crippen molar-refractivity contribution in [3.8, 4) is 0 Å². The SMILES string of the molecule is CCCCC1[C@@H](O)C(O)CC[C@@H]1C. The normalized spacial score (nSPS) is 40.6. The monoisotopic (exact) mass is 186 g/mol. The standard InChI is InChI=1S/C11H22O2/c1-3-4-5-9-8(2)6-7-10(12)11(9)13/h8-13H,3-7H2,1-2H3/t8-,9?,10?,11+/m0/s1. The molecular formula is C11H22O2. The van der Waals surface area contributed by atoms with Gasteiger partial charge in [-0.15, -0.1) is 0 Å². The predicted molar refractivity (Wildman–Crippen MR) is 53.4 cm³/mol. The molecule has 1 rings (SSSR count). The molecule has 0 bridgehead atoms. The third-order valence-electron chi connectivity index (χ3n) is 3.37. The van der Waals surface area contributed by atoms with Crippen LogP contribution >= 0.6 is 0 Å². The van der Waals surface area contributed by atoms with Crippen molar-refractivity contribution in [2.75, 3.05) is 0 Å². The minimum Gasteiger partial charge on any atom is -0.390 e. The van der Waals surface area contributed by atoms with Gasteiger partial charge < -0.3 is 10.2 Å². The average Bonchev–Trinajstić information content (AvgIpc) is 2.12. The second-order valence-electron chi connectivity index (χ2n) is 4.42. The van der Waals surface area contributed by atoms with Crippen molar-refractivity contribution in [2.24, 2.45) is 11.8 Å². The highest BCUT2D eigenvalue weighted by atomic mass is 16.3. The van der Waals surface area contributed by atoms with E-state index in [2.05, 4.69) is 13.8 Å². The molecule has 13 heavy (non-hydrogen) atoms. The third kappa shape index (κ3) is 2.68. The van der Waals surface area contributed by atoms with Crippen LogP contribution in [-0.2, 0) is 0 Å². The number of aliphatic hydroxyl groups is 2. The smallest absolute Gasteiger partial charge is 0.0829 e. The van der Waals surface area contributed by atoms with Gasteiger partial charge in [0.15, 0.2) is 0 Å². The molecule has 0 heterocycles. The Bertz CT molecular complexity index is 147. The van der Waals surface area contributed by atoms with Crippen molar-refractivity contribution >= 4 is 0 Å². The van der Waals surface area contributed by atoms with Gasteiger partial charge in [0.2, 0.25) is 0 Å². The zero-order chi connectivity index (χ0) is 9.84. The lowest BCUT2D eigenvalue weighted by Crippen LogP contribution is -2.41. The molecule has 0 amide bonds. The predicted octanol–water partition coefficient (Wildman–Crippen LogP) is 1.94. The lowest BCUT2D eigenvalue weighted by Gasteiger charge is -2.36. The van der Waals surface area contributed by atoms with E-state index >= 15 is 0 Å². The van der Waals surface area contributed by atoms with Gasteiger partial charge in [0.05, 0.1) is 12.2 Å². The van der Waals surface area contributed by atoms with Crippen molar-refractivity contribution in [1.82, 2.24) is 0 Å². The van der Waals surface area contributed by atoms with Crippen molar-refractivity contribution in [1.29, 1.82) is 0 Å². The van der Waals surface area contributed by atoms with E-state index in [-0.39, 0.29) is 0 Å². The molecule has 0 saturated heterocycles. The first-order valence-electron chi connectivity index (χ1n) is 5.53. The first-order valence-corrected chi connectivity index (χ1v) is 5.53. The van der Waals surface area contributed by atoms with E-state index in [0.29, 0.717) is 11.8 Å². The quantitative estimate of drug-likeness (QED) is 0.707. The summed E-state index contributed by atoms with van der Waals surface area (Å²) in [5.74, 6) is 0.897. The van der Waals surface area contributed by atoms with Gasteiger partial charge >= 0.3 is 0 Å². The molecule has 2 nitrogen and oxygen atoms in total. The molecular weight excluding hydrogens is 164 g/mol. The van der Waals surface area contributed by atoms with E-state index in [1.165, 1.54) is 12.8 Å². The summed E-state index contributed by atoms with van der Waals surface area (Å²) in [6.07, 6.45) is 4.28. The first kappa shape index (κ1) is 11.0. The van der Waals surface area contributed by atoms with E-state index in [0.717, 1.165) is 19.3 Å². The number of rotatable bonds is 3. The van der Waals surface area contributed by atoms with E-state index in [9.17, 15) is 10.2 Å². The fourth-order valence-electron chi connectivity index (χ4n) is 2.34. The van der Waals surface area contributed by atoms with Crippen LogP contribution in [0.5, 0.6) is 0 Å². The average molecular weight is 186 g/mol. The van der Waals surface area contributed by atoms with E-state index < -0.39 is 12.2 Å². The third-order valence-corrected chi connectivity index (χ3v) is 3.37. The highest BCUT2D eigenvalue weighted by molar-refractivity contribution is 4.85. The number of hydrogen-bond donors (Lipinski definition) is 2. The van der Waals surface area contributed by atoms with Crippen LogP contribution in [-0.4, -0.2) is 22.4 Å². The highest BCUT2D eigenvalue weighted by Gasteiger charge is 2.34. The maximum Gasteiger partial charge on any atom is 0.0829 e.